The monoisotopic (exact) mass is 263 g/mol. The Morgan fingerprint density at radius 2 is 2.42 bits per heavy atom. The number of aromatic carboxylic acids is 1. The lowest BCUT2D eigenvalue weighted by atomic mass is 10.1. The lowest BCUT2D eigenvalue weighted by molar-refractivity contribution is 0.0697. The van der Waals surface area contributed by atoms with Gasteiger partial charge in [0.15, 0.2) is 0 Å². The predicted octanol–water partition coefficient (Wildman–Crippen LogP) is 1.92. The molecule has 1 aliphatic heterocycles. The fourth-order valence-corrected chi connectivity index (χ4v) is 2.47. The molecule has 1 atom stereocenters. The molecule has 0 radical (unpaired) electrons. The number of anilines is 1. The molecule has 0 amide bonds. The largest absolute Gasteiger partial charge is 0.478 e. The molecule has 1 fully saturated rings. The number of pyridine rings is 1. The molecule has 5 nitrogen and oxygen atoms in total. The Morgan fingerprint density at radius 3 is 3.05 bits per heavy atom. The van der Waals surface area contributed by atoms with Crippen LogP contribution in [0.1, 0.15) is 30.6 Å². The summed E-state index contributed by atoms with van der Waals surface area (Å²) in [6, 6.07) is 2.30. The zero-order valence-corrected chi connectivity index (χ0v) is 11.5. The summed E-state index contributed by atoms with van der Waals surface area (Å²) in [5, 5.41) is 12.3. The number of likely N-dealkylation sites (tertiary alicyclic amines) is 1. The van der Waals surface area contributed by atoms with E-state index in [1.165, 1.54) is 12.6 Å². The molecule has 1 saturated heterocycles. The van der Waals surface area contributed by atoms with Crippen molar-refractivity contribution < 1.29 is 9.90 Å². The van der Waals surface area contributed by atoms with E-state index in [0.29, 0.717) is 17.6 Å². The molecule has 104 valence electrons. The molecule has 0 aliphatic carbocycles. The maximum absolute atomic E-state index is 11.1. The van der Waals surface area contributed by atoms with E-state index >= 15 is 0 Å². The third kappa shape index (κ3) is 3.44. The highest BCUT2D eigenvalue weighted by molar-refractivity contribution is 5.93. The second-order valence-corrected chi connectivity index (χ2v) is 5.35. The van der Waals surface area contributed by atoms with Gasteiger partial charge in [0.25, 0.3) is 0 Å². The van der Waals surface area contributed by atoms with Crippen LogP contribution in [0.4, 0.5) is 5.69 Å². The molecule has 0 saturated carbocycles. The van der Waals surface area contributed by atoms with Crippen molar-refractivity contribution >= 4 is 11.7 Å². The molecule has 2 heterocycles. The maximum Gasteiger partial charge on any atom is 0.339 e. The first kappa shape index (κ1) is 13.8. The molecule has 2 rings (SSSR count). The summed E-state index contributed by atoms with van der Waals surface area (Å²) in [4.78, 5) is 17.4. The van der Waals surface area contributed by atoms with E-state index in [4.69, 9.17) is 5.11 Å². The number of nitrogens with one attached hydrogen (secondary N) is 1. The molecule has 0 aromatic carbocycles. The van der Waals surface area contributed by atoms with Crippen LogP contribution in [0, 0.1) is 5.92 Å². The van der Waals surface area contributed by atoms with E-state index in [0.717, 1.165) is 19.6 Å². The predicted molar refractivity (Wildman–Crippen MR) is 74.5 cm³/mol. The normalized spacial score (nSPS) is 19.8. The van der Waals surface area contributed by atoms with Gasteiger partial charge in [-0.05, 0) is 38.8 Å². The summed E-state index contributed by atoms with van der Waals surface area (Å²) in [6.07, 6.45) is 4.17. The van der Waals surface area contributed by atoms with Crippen molar-refractivity contribution in [3.63, 3.8) is 0 Å². The van der Waals surface area contributed by atoms with E-state index in [9.17, 15) is 4.79 Å². The molecule has 19 heavy (non-hydrogen) atoms. The molecular weight excluding hydrogens is 242 g/mol. The van der Waals surface area contributed by atoms with Crippen molar-refractivity contribution in [1.29, 1.82) is 0 Å². The fraction of sp³-hybridized carbons (Fsp3) is 0.571. The summed E-state index contributed by atoms with van der Waals surface area (Å²) in [5.74, 6) is -0.358. The van der Waals surface area contributed by atoms with Crippen LogP contribution in [0.15, 0.2) is 18.5 Å². The number of hydrogen-bond donors (Lipinski definition) is 2. The maximum atomic E-state index is 11.1. The summed E-state index contributed by atoms with van der Waals surface area (Å²) in [5.41, 5.74) is 0.895. The van der Waals surface area contributed by atoms with Crippen molar-refractivity contribution in [3.05, 3.63) is 24.0 Å². The third-order valence-corrected chi connectivity index (χ3v) is 3.68. The Hall–Kier alpha value is -1.62. The smallest absolute Gasteiger partial charge is 0.339 e. The van der Waals surface area contributed by atoms with E-state index in [1.807, 2.05) is 0 Å². The van der Waals surface area contributed by atoms with Crippen LogP contribution in [-0.4, -0.2) is 46.6 Å². The fourth-order valence-electron chi connectivity index (χ4n) is 2.47. The van der Waals surface area contributed by atoms with E-state index in [-0.39, 0.29) is 5.56 Å². The highest BCUT2D eigenvalue weighted by Gasteiger charge is 2.24. The van der Waals surface area contributed by atoms with Gasteiger partial charge in [0.1, 0.15) is 5.56 Å². The van der Waals surface area contributed by atoms with Gasteiger partial charge in [0.2, 0.25) is 0 Å². The molecule has 1 unspecified atom stereocenters. The van der Waals surface area contributed by atoms with Crippen LogP contribution < -0.4 is 5.32 Å². The van der Waals surface area contributed by atoms with Gasteiger partial charge in [-0.15, -0.1) is 0 Å². The van der Waals surface area contributed by atoms with Crippen molar-refractivity contribution in [3.8, 4) is 0 Å². The summed E-state index contributed by atoms with van der Waals surface area (Å²) in [7, 11) is 0. The standard InChI is InChI=1S/C14H21N3O2/c1-10(2)17-6-4-11(9-17)7-16-13-3-5-15-8-12(13)14(18)19/h3,5,8,10-11H,4,6-7,9H2,1-2H3,(H,15,16)(H,18,19). The Kier molecular flexibility index (Phi) is 4.37. The van der Waals surface area contributed by atoms with Crippen LogP contribution in [-0.2, 0) is 0 Å². The summed E-state index contributed by atoms with van der Waals surface area (Å²) < 4.78 is 0. The highest BCUT2D eigenvalue weighted by atomic mass is 16.4. The van der Waals surface area contributed by atoms with E-state index in [1.54, 1.807) is 12.3 Å². The van der Waals surface area contributed by atoms with Gasteiger partial charge in [0, 0.05) is 31.5 Å². The molecule has 5 heteroatoms. The van der Waals surface area contributed by atoms with Gasteiger partial charge in [-0.1, -0.05) is 0 Å². The number of hydrogen-bond acceptors (Lipinski definition) is 4. The minimum Gasteiger partial charge on any atom is -0.478 e. The third-order valence-electron chi connectivity index (χ3n) is 3.68. The van der Waals surface area contributed by atoms with Crippen LogP contribution in [0.2, 0.25) is 0 Å². The average molecular weight is 263 g/mol. The molecule has 0 spiro atoms. The molecule has 2 N–H and O–H groups in total. The molecule has 1 aromatic rings. The minimum absolute atomic E-state index is 0.237. The Morgan fingerprint density at radius 1 is 1.63 bits per heavy atom. The van der Waals surface area contributed by atoms with E-state index < -0.39 is 5.97 Å². The van der Waals surface area contributed by atoms with E-state index in [2.05, 4.69) is 29.0 Å². The molecular formula is C14H21N3O2. The van der Waals surface area contributed by atoms with Gasteiger partial charge in [-0.3, -0.25) is 4.98 Å². The summed E-state index contributed by atoms with van der Waals surface area (Å²) >= 11 is 0. The van der Waals surface area contributed by atoms with Crippen LogP contribution in [0.25, 0.3) is 0 Å². The molecule has 0 bridgehead atoms. The number of rotatable bonds is 5. The number of carboxylic acid groups (broad SMARTS) is 1. The molecule has 1 aliphatic rings. The zero-order chi connectivity index (χ0) is 13.8. The lowest BCUT2D eigenvalue weighted by Gasteiger charge is -2.20. The quantitative estimate of drug-likeness (QED) is 0.849. The number of nitrogens with zero attached hydrogens (tertiary/aromatic N) is 2. The van der Waals surface area contributed by atoms with Crippen LogP contribution in [0.5, 0.6) is 0 Å². The number of carboxylic acids is 1. The zero-order valence-electron chi connectivity index (χ0n) is 11.5. The topological polar surface area (TPSA) is 65.5 Å². The highest BCUT2D eigenvalue weighted by Crippen LogP contribution is 2.20. The van der Waals surface area contributed by atoms with Crippen molar-refractivity contribution in [2.75, 3.05) is 25.0 Å². The van der Waals surface area contributed by atoms with Crippen molar-refractivity contribution in [2.24, 2.45) is 5.92 Å². The first-order chi connectivity index (χ1) is 9.08. The number of aromatic nitrogens is 1. The molecule has 1 aromatic heterocycles. The van der Waals surface area contributed by atoms with Gasteiger partial charge >= 0.3 is 5.97 Å². The summed E-state index contributed by atoms with van der Waals surface area (Å²) in [6.45, 7) is 7.44. The Balaban J connectivity index is 1.91. The van der Waals surface area contributed by atoms with Gasteiger partial charge in [-0.25, -0.2) is 4.79 Å². The van der Waals surface area contributed by atoms with Crippen molar-refractivity contribution in [1.82, 2.24) is 9.88 Å². The van der Waals surface area contributed by atoms with Gasteiger partial charge < -0.3 is 15.3 Å². The average Bonchev–Trinajstić information content (AvgIpc) is 2.85. The van der Waals surface area contributed by atoms with Gasteiger partial charge in [0.05, 0.1) is 5.69 Å². The first-order valence-corrected chi connectivity index (χ1v) is 6.73. The lowest BCUT2D eigenvalue weighted by Crippen LogP contribution is -2.29. The Labute approximate surface area is 113 Å². The van der Waals surface area contributed by atoms with Crippen molar-refractivity contribution in [2.45, 2.75) is 26.3 Å². The second kappa shape index (κ2) is 6.02. The second-order valence-electron chi connectivity index (χ2n) is 5.35. The SMILES string of the molecule is CC(C)N1CCC(CNc2ccncc2C(=O)O)C1. The van der Waals surface area contributed by atoms with Crippen LogP contribution >= 0.6 is 0 Å². The Bertz CT molecular complexity index is 448. The van der Waals surface area contributed by atoms with Crippen LogP contribution in [0.3, 0.4) is 0 Å². The minimum atomic E-state index is -0.939. The number of carbonyl (C=O) groups is 1. The van der Waals surface area contributed by atoms with Gasteiger partial charge in [-0.2, -0.15) is 0 Å². The first-order valence-electron chi connectivity index (χ1n) is 6.73.